The Morgan fingerprint density at radius 3 is 2.70 bits per heavy atom. The fourth-order valence-electron chi connectivity index (χ4n) is 2.44. The summed E-state index contributed by atoms with van der Waals surface area (Å²) in [5.41, 5.74) is 3.11. The highest BCUT2D eigenvalue weighted by molar-refractivity contribution is 5.62. The van der Waals surface area contributed by atoms with Gasteiger partial charge in [0.1, 0.15) is 12.1 Å². The van der Waals surface area contributed by atoms with Crippen LogP contribution in [0.15, 0.2) is 48.8 Å². The minimum atomic E-state index is 0.769. The lowest BCUT2D eigenvalue weighted by atomic mass is 10.1. The molecule has 0 bridgehead atoms. The maximum absolute atomic E-state index is 4.59. The van der Waals surface area contributed by atoms with Crippen LogP contribution in [0.25, 0.3) is 17.1 Å². The highest BCUT2D eigenvalue weighted by atomic mass is 15.3. The summed E-state index contributed by atoms with van der Waals surface area (Å²) in [7, 11) is 0. The van der Waals surface area contributed by atoms with E-state index in [2.05, 4.69) is 45.5 Å². The zero-order chi connectivity index (χ0) is 16.1. The quantitative estimate of drug-likeness (QED) is 0.703. The number of unbranched alkanes of at least 4 members (excludes halogenated alkanes) is 1. The van der Waals surface area contributed by atoms with Gasteiger partial charge in [-0.15, -0.1) is 0 Å². The maximum atomic E-state index is 4.59. The smallest absolute Gasteiger partial charge is 0.159 e. The van der Waals surface area contributed by atoms with Crippen LogP contribution in [0.3, 0.4) is 0 Å². The van der Waals surface area contributed by atoms with E-state index in [-0.39, 0.29) is 0 Å². The predicted molar refractivity (Wildman–Crippen MR) is 92.7 cm³/mol. The van der Waals surface area contributed by atoms with E-state index < -0.39 is 0 Å². The number of benzene rings is 1. The Hall–Kier alpha value is -2.69. The van der Waals surface area contributed by atoms with Crippen LogP contribution in [-0.2, 0) is 0 Å². The first-order chi connectivity index (χ1) is 11.3. The average Bonchev–Trinajstić information content (AvgIpc) is 2.98. The fraction of sp³-hybridized carbons (Fsp3) is 0.278. The standard InChI is InChI=1S/C18H21N5/c1-3-4-10-19-17-12-18(21-13-20-17)23-16(11-14(2)22-23)15-8-6-5-7-9-15/h5-9,11-13H,3-4,10H2,1-2H3,(H,19,20,21). The maximum Gasteiger partial charge on any atom is 0.159 e. The van der Waals surface area contributed by atoms with Crippen LogP contribution in [-0.4, -0.2) is 26.3 Å². The summed E-state index contributed by atoms with van der Waals surface area (Å²) in [4.78, 5) is 8.67. The molecule has 3 aromatic rings. The van der Waals surface area contributed by atoms with Crippen molar-refractivity contribution >= 4 is 5.82 Å². The van der Waals surface area contributed by atoms with Crippen LogP contribution in [0.4, 0.5) is 5.82 Å². The predicted octanol–water partition coefficient (Wildman–Crippen LogP) is 3.85. The van der Waals surface area contributed by atoms with Gasteiger partial charge in [0.15, 0.2) is 5.82 Å². The van der Waals surface area contributed by atoms with Gasteiger partial charge in [0.25, 0.3) is 0 Å². The molecular formula is C18H21N5. The molecule has 0 saturated heterocycles. The van der Waals surface area contributed by atoms with Gasteiger partial charge in [-0.1, -0.05) is 43.7 Å². The Morgan fingerprint density at radius 2 is 1.91 bits per heavy atom. The zero-order valence-corrected chi connectivity index (χ0v) is 13.5. The first-order valence-corrected chi connectivity index (χ1v) is 7.96. The van der Waals surface area contributed by atoms with Crippen molar-refractivity contribution in [2.24, 2.45) is 0 Å². The summed E-state index contributed by atoms with van der Waals surface area (Å²) in [5, 5.41) is 7.92. The Labute approximate surface area is 136 Å². The van der Waals surface area contributed by atoms with Crippen LogP contribution in [0.5, 0.6) is 0 Å². The number of aromatic nitrogens is 4. The van der Waals surface area contributed by atoms with Crippen molar-refractivity contribution in [3.63, 3.8) is 0 Å². The molecule has 5 nitrogen and oxygen atoms in total. The lowest BCUT2D eigenvalue weighted by Gasteiger charge is -2.09. The number of rotatable bonds is 6. The summed E-state index contributed by atoms with van der Waals surface area (Å²) in [5.74, 6) is 1.60. The molecule has 0 aliphatic rings. The zero-order valence-electron chi connectivity index (χ0n) is 13.5. The molecule has 0 fully saturated rings. The molecule has 3 rings (SSSR count). The van der Waals surface area contributed by atoms with E-state index in [1.165, 1.54) is 0 Å². The topological polar surface area (TPSA) is 55.6 Å². The van der Waals surface area contributed by atoms with Gasteiger partial charge >= 0.3 is 0 Å². The molecule has 0 atom stereocenters. The van der Waals surface area contributed by atoms with Gasteiger partial charge in [-0.2, -0.15) is 5.10 Å². The number of hydrogen-bond acceptors (Lipinski definition) is 4. The van der Waals surface area contributed by atoms with Crippen molar-refractivity contribution in [3.8, 4) is 17.1 Å². The van der Waals surface area contributed by atoms with E-state index in [1.54, 1.807) is 6.33 Å². The summed E-state index contributed by atoms with van der Waals surface area (Å²) >= 11 is 0. The molecule has 2 heterocycles. The SMILES string of the molecule is CCCCNc1cc(-n2nc(C)cc2-c2ccccc2)ncn1. The largest absolute Gasteiger partial charge is 0.370 e. The molecule has 1 N–H and O–H groups in total. The first kappa shape index (κ1) is 15.2. The molecule has 0 amide bonds. The Kier molecular flexibility index (Phi) is 4.66. The lowest BCUT2D eigenvalue weighted by molar-refractivity contribution is 0.818. The highest BCUT2D eigenvalue weighted by Gasteiger charge is 2.11. The third kappa shape index (κ3) is 3.56. The van der Waals surface area contributed by atoms with Crippen molar-refractivity contribution in [1.29, 1.82) is 0 Å². The third-order valence-corrected chi connectivity index (χ3v) is 3.61. The lowest BCUT2D eigenvalue weighted by Crippen LogP contribution is -2.07. The molecule has 118 valence electrons. The number of anilines is 1. The van der Waals surface area contributed by atoms with E-state index in [0.29, 0.717) is 0 Å². The van der Waals surface area contributed by atoms with Crippen LogP contribution in [0.1, 0.15) is 25.5 Å². The van der Waals surface area contributed by atoms with Crippen molar-refractivity contribution < 1.29 is 0 Å². The number of aryl methyl sites for hydroxylation is 1. The van der Waals surface area contributed by atoms with Crippen molar-refractivity contribution in [3.05, 3.63) is 54.5 Å². The Balaban J connectivity index is 1.94. The summed E-state index contributed by atoms with van der Waals surface area (Å²) < 4.78 is 1.87. The van der Waals surface area contributed by atoms with Gasteiger partial charge in [-0.05, 0) is 19.4 Å². The molecule has 0 saturated carbocycles. The number of hydrogen-bond donors (Lipinski definition) is 1. The molecule has 2 aromatic heterocycles. The first-order valence-electron chi connectivity index (χ1n) is 7.96. The Morgan fingerprint density at radius 1 is 1.09 bits per heavy atom. The molecule has 0 aliphatic carbocycles. The van der Waals surface area contributed by atoms with E-state index >= 15 is 0 Å². The van der Waals surface area contributed by atoms with Gasteiger partial charge < -0.3 is 5.32 Å². The number of nitrogens with zero attached hydrogens (tertiary/aromatic N) is 4. The number of nitrogens with one attached hydrogen (secondary N) is 1. The van der Waals surface area contributed by atoms with Crippen LogP contribution < -0.4 is 5.32 Å². The second kappa shape index (κ2) is 7.05. The van der Waals surface area contributed by atoms with Crippen molar-refractivity contribution in [2.75, 3.05) is 11.9 Å². The highest BCUT2D eigenvalue weighted by Crippen LogP contribution is 2.23. The molecule has 0 unspecified atom stereocenters. The summed E-state index contributed by atoms with van der Waals surface area (Å²) in [6.07, 6.45) is 3.85. The van der Waals surface area contributed by atoms with Crippen LogP contribution in [0, 0.1) is 6.92 Å². The van der Waals surface area contributed by atoms with Gasteiger partial charge in [-0.3, -0.25) is 0 Å². The molecule has 0 aliphatic heterocycles. The van der Waals surface area contributed by atoms with E-state index in [0.717, 1.165) is 48.0 Å². The normalized spacial score (nSPS) is 10.7. The van der Waals surface area contributed by atoms with E-state index in [9.17, 15) is 0 Å². The van der Waals surface area contributed by atoms with Gasteiger partial charge in [0, 0.05) is 18.2 Å². The minimum Gasteiger partial charge on any atom is -0.370 e. The third-order valence-electron chi connectivity index (χ3n) is 3.61. The summed E-state index contributed by atoms with van der Waals surface area (Å²) in [6.45, 7) is 5.08. The minimum absolute atomic E-state index is 0.769. The van der Waals surface area contributed by atoms with Crippen molar-refractivity contribution in [1.82, 2.24) is 19.7 Å². The van der Waals surface area contributed by atoms with E-state index in [1.807, 2.05) is 35.9 Å². The monoisotopic (exact) mass is 307 g/mol. The van der Waals surface area contributed by atoms with Crippen LogP contribution >= 0.6 is 0 Å². The van der Waals surface area contributed by atoms with Gasteiger partial charge in [-0.25, -0.2) is 14.6 Å². The molecule has 23 heavy (non-hydrogen) atoms. The molecule has 1 aromatic carbocycles. The van der Waals surface area contributed by atoms with Gasteiger partial charge in [0.2, 0.25) is 0 Å². The second-order valence-electron chi connectivity index (χ2n) is 5.49. The van der Waals surface area contributed by atoms with Crippen molar-refractivity contribution in [2.45, 2.75) is 26.7 Å². The van der Waals surface area contributed by atoms with E-state index in [4.69, 9.17) is 0 Å². The van der Waals surface area contributed by atoms with Gasteiger partial charge in [0.05, 0.1) is 11.4 Å². The Bertz CT molecular complexity index is 764. The molecule has 0 radical (unpaired) electrons. The summed E-state index contributed by atoms with van der Waals surface area (Å²) in [6, 6.07) is 14.2. The molecule has 0 spiro atoms. The van der Waals surface area contributed by atoms with Crippen LogP contribution in [0.2, 0.25) is 0 Å². The molecular weight excluding hydrogens is 286 g/mol. The fourth-order valence-corrected chi connectivity index (χ4v) is 2.44. The second-order valence-corrected chi connectivity index (χ2v) is 5.49. The molecule has 5 heteroatoms. The average molecular weight is 307 g/mol.